The van der Waals surface area contributed by atoms with Crippen LogP contribution in [-0.2, 0) is 4.79 Å². The summed E-state index contributed by atoms with van der Waals surface area (Å²) in [5, 5.41) is 11.9. The molecule has 0 heterocycles. The Balaban J connectivity index is 2.00. The molecule has 1 aliphatic carbocycles. The summed E-state index contributed by atoms with van der Waals surface area (Å²) in [4.78, 5) is 13.4. The molecule has 0 aromatic heterocycles. The number of carbonyl (C=O) groups excluding carboxylic acids is 1. The van der Waals surface area contributed by atoms with E-state index in [0.29, 0.717) is 11.6 Å². The highest BCUT2D eigenvalue weighted by Gasteiger charge is 2.23. The summed E-state index contributed by atoms with van der Waals surface area (Å²) in [5.74, 6) is 0.0164. The predicted octanol–water partition coefficient (Wildman–Crippen LogP) is 1.27. The number of hydrogen-bond acceptors (Lipinski definition) is 3. The number of anilines is 1. The van der Waals surface area contributed by atoms with Crippen molar-refractivity contribution in [1.82, 2.24) is 5.32 Å². The highest BCUT2D eigenvalue weighted by Crippen LogP contribution is 2.20. The minimum Gasteiger partial charge on any atom is -0.364 e. The largest absolute Gasteiger partial charge is 0.364 e. The van der Waals surface area contributed by atoms with Crippen LogP contribution >= 0.6 is 0 Å². The van der Waals surface area contributed by atoms with Crippen LogP contribution in [0.2, 0.25) is 0 Å². The predicted molar refractivity (Wildman–Crippen MR) is 65.6 cm³/mol. The molecule has 1 fully saturated rings. The van der Waals surface area contributed by atoms with Crippen molar-refractivity contribution in [1.29, 1.82) is 5.26 Å². The number of nitrogens with one attached hydrogen (secondary N) is 1. The first kappa shape index (κ1) is 11.5. The van der Waals surface area contributed by atoms with Gasteiger partial charge in [0, 0.05) is 13.1 Å². The number of amides is 1. The van der Waals surface area contributed by atoms with Crippen LogP contribution in [0.5, 0.6) is 0 Å². The lowest BCUT2D eigenvalue weighted by Crippen LogP contribution is -2.36. The third-order valence-corrected chi connectivity index (χ3v) is 2.76. The minimum absolute atomic E-state index is 0.0164. The Morgan fingerprint density at radius 3 is 2.88 bits per heavy atom. The summed E-state index contributed by atoms with van der Waals surface area (Å²) in [6.45, 7) is 0.287. The Hall–Kier alpha value is -2.02. The molecule has 88 valence electrons. The third kappa shape index (κ3) is 2.97. The van der Waals surface area contributed by atoms with Crippen molar-refractivity contribution >= 4 is 11.6 Å². The van der Waals surface area contributed by atoms with Gasteiger partial charge in [-0.15, -0.1) is 0 Å². The van der Waals surface area contributed by atoms with E-state index in [1.165, 1.54) is 0 Å². The molecule has 0 aliphatic heterocycles. The van der Waals surface area contributed by atoms with Gasteiger partial charge in [-0.3, -0.25) is 4.79 Å². The lowest BCUT2D eigenvalue weighted by Gasteiger charge is -2.19. The number of likely N-dealkylation sites (N-methyl/N-ethyl adjacent to an activating group) is 1. The Morgan fingerprint density at radius 2 is 2.24 bits per heavy atom. The maximum atomic E-state index is 11.6. The first-order valence-corrected chi connectivity index (χ1v) is 5.70. The van der Waals surface area contributed by atoms with E-state index in [4.69, 9.17) is 5.26 Å². The first-order chi connectivity index (χ1) is 8.20. The molecule has 0 radical (unpaired) electrons. The molecule has 0 spiro atoms. The van der Waals surface area contributed by atoms with Crippen LogP contribution in [0.3, 0.4) is 0 Å². The Morgan fingerprint density at radius 1 is 1.53 bits per heavy atom. The van der Waals surface area contributed by atoms with Crippen LogP contribution in [0.15, 0.2) is 24.3 Å². The molecule has 1 saturated carbocycles. The van der Waals surface area contributed by atoms with E-state index < -0.39 is 0 Å². The number of nitrogens with zero attached hydrogens (tertiary/aromatic N) is 2. The first-order valence-electron chi connectivity index (χ1n) is 5.70. The van der Waals surface area contributed by atoms with Gasteiger partial charge in [-0.1, -0.05) is 12.1 Å². The summed E-state index contributed by atoms with van der Waals surface area (Å²) in [5.41, 5.74) is 1.38. The van der Waals surface area contributed by atoms with Gasteiger partial charge in [-0.05, 0) is 25.0 Å². The maximum absolute atomic E-state index is 11.6. The molecule has 1 aliphatic rings. The van der Waals surface area contributed by atoms with Gasteiger partial charge in [0.15, 0.2) is 0 Å². The van der Waals surface area contributed by atoms with Gasteiger partial charge in [-0.2, -0.15) is 5.26 Å². The molecule has 1 aromatic carbocycles. The highest BCUT2D eigenvalue weighted by molar-refractivity contribution is 5.82. The molecule has 4 heteroatoms. The number of benzene rings is 1. The van der Waals surface area contributed by atoms with Gasteiger partial charge in [-0.25, -0.2) is 0 Å². The van der Waals surface area contributed by atoms with Crippen LogP contribution in [0, 0.1) is 11.3 Å². The van der Waals surface area contributed by atoms with E-state index in [-0.39, 0.29) is 12.5 Å². The summed E-state index contributed by atoms with van der Waals surface area (Å²) in [6, 6.07) is 9.80. The number of carbonyl (C=O) groups is 1. The van der Waals surface area contributed by atoms with E-state index in [9.17, 15) is 4.79 Å². The normalized spacial score (nSPS) is 13.9. The lowest BCUT2D eigenvalue weighted by atomic mass is 10.2. The number of rotatable bonds is 4. The smallest absolute Gasteiger partial charge is 0.239 e. The fourth-order valence-corrected chi connectivity index (χ4v) is 1.70. The van der Waals surface area contributed by atoms with Crippen molar-refractivity contribution in [2.75, 3.05) is 18.5 Å². The fourth-order valence-electron chi connectivity index (χ4n) is 1.70. The van der Waals surface area contributed by atoms with Crippen molar-refractivity contribution in [2.24, 2.45) is 0 Å². The molecule has 4 nitrogen and oxygen atoms in total. The molecule has 0 saturated heterocycles. The molecule has 1 amide bonds. The summed E-state index contributed by atoms with van der Waals surface area (Å²) < 4.78 is 0. The fraction of sp³-hybridized carbons (Fsp3) is 0.385. The zero-order valence-corrected chi connectivity index (χ0v) is 9.81. The van der Waals surface area contributed by atoms with Gasteiger partial charge in [0.1, 0.15) is 6.07 Å². The molecule has 0 atom stereocenters. The molecule has 1 aromatic rings. The van der Waals surface area contributed by atoms with Crippen molar-refractivity contribution in [3.63, 3.8) is 0 Å². The van der Waals surface area contributed by atoms with Crippen molar-refractivity contribution < 1.29 is 4.79 Å². The number of nitriles is 1. The van der Waals surface area contributed by atoms with Crippen molar-refractivity contribution in [3.8, 4) is 6.07 Å². The average molecular weight is 229 g/mol. The van der Waals surface area contributed by atoms with Crippen LogP contribution in [0.25, 0.3) is 0 Å². The molecule has 2 rings (SSSR count). The second-order valence-electron chi connectivity index (χ2n) is 4.33. The summed E-state index contributed by atoms with van der Waals surface area (Å²) in [6.07, 6.45) is 2.18. The molecule has 0 bridgehead atoms. The van der Waals surface area contributed by atoms with Gasteiger partial charge in [0.05, 0.1) is 17.8 Å². The van der Waals surface area contributed by atoms with Crippen molar-refractivity contribution in [2.45, 2.75) is 18.9 Å². The Kier molecular flexibility index (Phi) is 3.29. The second kappa shape index (κ2) is 4.88. The van der Waals surface area contributed by atoms with Crippen LogP contribution in [-0.4, -0.2) is 25.5 Å². The van der Waals surface area contributed by atoms with Gasteiger partial charge < -0.3 is 10.2 Å². The number of hydrogen-bond donors (Lipinski definition) is 1. The summed E-state index contributed by atoms with van der Waals surface area (Å²) >= 11 is 0. The lowest BCUT2D eigenvalue weighted by molar-refractivity contribution is -0.119. The zero-order valence-electron chi connectivity index (χ0n) is 9.81. The maximum Gasteiger partial charge on any atom is 0.239 e. The van der Waals surface area contributed by atoms with E-state index in [0.717, 1.165) is 18.5 Å². The molecular weight excluding hydrogens is 214 g/mol. The van der Waals surface area contributed by atoms with Gasteiger partial charge >= 0.3 is 0 Å². The highest BCUT2D eigenvalue weighted by atomic mass is 16.2. The van der Waals surface area contributed by atoms with Crippen LogP contribution in [0.1, 0.15) is 18.4 Å². The summed E-state index contributed by atoms with van der Waals surface area (Å²) in [7, 11) is 1.82. The van der Waals surface area contributed by atoms with Crippen molar-refractivity contribution in [3.05, 3.63) is 29.8 Å². The topological polar surface area (TPSA) is 56.1 Å². The van der Waals surface area contributed by atoms with E-state index in [1.807, 2.05) is 25.2 Å². The van der Waals surface area contributed by atoms with Crippen LogP contribution < -0.4 is 10.2 Å². The quantitative estimate of drug-likeness (QED) is 0.846. The van der Waals surface area contributed by atoms with E-state index in [2.05, 4.69) is 11.4 Å². The molecule has 17 heavy (non-hydrogen) atoms. The molecule has 1 N–H and O–H groups in total. The van der Waals surface area contributed by atoms with Gasteiger partial charge in [0.2, 0.25) is 5.91 Å². The Bertz CT molecular complexity index is 460. The third-order valence-electron chi connectivity index (χ3n) is 2.76. The minimum atomic E-state index is 0.0164. The molecule has 0 unspecified atom stereocenters. The standard InChI is InChI=1S/C13H15N3O/c1-16(9-13(17)15-11-6-7-11)12-5-3-2-4-10(12)8-14/h2-5,11H,6-7,9H2,1H3,(H,15,17). The second-order valence-corrected chi connectivity index (χ2v) is 4.33. The number of para-hydroxylation sites is 1. The van der Waals surface area contributed by atoms with E-state index in [1.54, 1.807) is 11.0 Å². The molecular formula is C13H15N3O. The Labute approximate surface area is 101 Å². The SMILES string of the molecule is CN(CC(=O)NC1CC1)c1ccccc1C#N. The van der Waals surface area contributed by atoms with E-state index >= 15 is 0 Å². The monoisotopic (exact) mass is 229 g/mol. The average Bonchev–Trinajstić information content (AvgIpc) is 3.12. The zero-order chi connectivity index (χ0) is 12.3. The van der Waals surface area contributed by atoms with Gasteiger partial charge in [0.25, 0.3) is 0 Å². The van der Waals surface area contributed by atoms with Crippen LogP contribution in [0.4, 0.5) is 5.69 Å².